The molecule has 1 aliphatic rings. The molecule has 6 nitrogen and oxygen atoms in total. The number of hydrogen-bond donors (Lipinski definition) is 2. The van der Waals surface area contributed by atoms with Crippen molar-refractivity contribution in [1.29, 1.82) is 0 Å². The Labute approximate surface area is 148 Å². The fraction of sp³-hybridized carbons (Fsp3) is 0.474. The van der Waals surface area contributed by atoms with E-state index in [1.54, 1.807) is 12.4 Å². The first-order valence-electron chi connectivity index (χ1n) is 8.91. The minimum atomic E-state index is 0.0461. The summed E-state index contributed by atoms with van der Waals surface area (Å²) in [6.07, 6.45) is 5.46. The zero-order valence-corrected chi connectivity index (χ0v) is 15.1. The molecule has 3 heterocycles. The molecule has 1 fully saturated rings. The quantitative estimate of drug-likeness (QED) is 0.897. The van der Waals surface area contributed by atoms with Gasteiger partial charge in [0.2, 0.25) is 0 Å². The number of nitrogens with zero attached hydrogens (tertiary/aromatic N) is 2. The van der Waals surface area contributed by atoms with E-state index in [-0.39, 0.29) is 17.9 Å². The van der Waals surface area contributed by atoms with Crippen LogP contribution in [0.3, 0.4) is 0 Å². The van der Waals surface area contributed by atoms with E-state index in [0.29, 0.717) is 19.6 Å². The van der Waals surface area contributed by atoms with Gasteiger partial charge in [-0.25, -0.2) is 0 Å². The zero-order chi connectivity index (χ0) is 18.0. The van der Waals surface area contributed by atoms with Crippen LogP contribution >= 0.6 is 0 Å². The number of H-pyrrole nitrogens is 2. The van der Waals surface area contributed by atoms with E-state index < -0.39 is 0 Å². The van der Waals surface area contributed by atoms with Gasteiger partial charge in [-0.3, -0.25) is 9.59 Å². The van der Waals surface area contributed by atoms with E-state index in [0.717, 1.165) is 35.4 Å². The Balaban J connectivity index is 1.77. The van der Waals surface area contributed by atoms with E-state index in [9.17, 15) is 9.59 Å². The molecule has 1 atom stereocenters. The topological polar surface area (TPSA) is 72.2 Å². The summed E-state index contributed by atoms with van der Waals surface area (Å²) in [7, 11) is 0. The van der Waals surface area contributed by atoms with Crippen LogP contribution in [-0.2, 0) is 0 Å². The van der Waals surface area contributed by atoms with Crippen LogP contribution in [0.4, 0.5) is 0 Å². The number of aromatic amines is 2. The van der Waals surface area contributed by atoms with Crippen molar-refractivity contribution >= 4 is 11.8 Å². The molecule has 2 amide bonds. The monoisotopic (exact) mass is 342 g/mol. The van der Waals surface area contributed by atoms with Crippen LogP contribution in [0.25, 0.3) is 0 Å². The number of aromatic nitrogens is 2. The van der Waals surface area contributed by atoms with Gasteiger partial charge in [0.25, 0.3) is 11.8 Å². The predicted octanol–water partition coefficient (Wildman–Crippen LogP) is 2.73. The number of carbonyl (C=O) groups is 2. The summed E-state index contributed by atoms with van der Waals surface area (Å²) in [6, 6.07) is 3.72. The number of hydrogen-bond acceptors (Lipinski definition) is 2. The van der Waals surface area contributed by atoms with Crippen molar-refractivity contribution in [2.45, 2.75) is 39.7 Å². The van der Waals surface area contributed by atoms with Crippen molar-refractivity contribution in [3.05, 3.63) is 47.0 Å². The van der Waals surface area contributed by atoms with Crippen molar-refractivity contribution in [1.82, 2.24) is 19.8 Å². The Morgan fingerprint density at radius 2 is 1.64 bits per heavy atom. The fourth-order valence-electron chi connectivity index (χ4n) is 3.58. The van der Waals surface area contributed by atoms with Gasteiger partial charge in [0, 0.05) is 49.5 Å². The van der Waals surface area contributed by atoms with Crippen molar-refractivity contribution in [2.24, 2.45) is 0 Å². The van der Waals surface area contributed by atoms with Crippen LogP contribution in [0.2, 0.25) is 0 Å². The molecule has 0 aromatic carbocycles. The first-order chi connectivity index (χ1) is 12.0. The van der Waals surface area contributed by atoms with Crippen molar-refractivity contribution in [3.63, 3.8) is 0 Å². The van der Waals surface area contributed by atoms with Crippen molar-refractivity contribution in [3.8, 4) is 0 Å². The maximum atomic E-state index is 12.9. The lowest BCUT2D eigenvalue weighted by molar-refractivity contribution is 0.0370. The summed E-state index contributed by atoms with van der Waals surface area (Å²) >= 11 is 0. The third kappa shape index (κ3) is 3.34. The smallest absolute Gasteiger partial charge is 0.256 e. The molecule has 2 aromatic rings. The number of rotatable bonds is 4. The molecule has 1 aliphatic heterocycles. The minimum absolute atomic E-state index is 0.0461. The van der Waals surface area contributed by atoms with Gasteiger partial charge in [0.1, 0.15) is 0 Å². The second kappa shape index (κ2) is 7.17. The number of piperazine rings is 1. The van der Waals surface area contributed by atoms with Crippen LogP contribution in [0.5, 0.6) is 0 Å². The second-order valence-electron chi connectivity index (χ2n) is 6.72. The molecule has 2 N–H and O–H groups in total. The van der Waals surface area contributed by atoms with Gasteiger partial charge in [-0.05, 0) is 32.4 Å². The lowest BCUT2D eigenvalue weighted by atomic mass is 10.0. The normalized spacial score (nSPS) is 17.8. The Kier molecular flexibility index (Phi) is 4.97. The molecular weight excluding hydrogens is 316 g/mol. The van der Waals surface area contributed by atoms with E-state index >= 15 is 0 Å². The fourth-order valence-corrected chi connectivity index (χ4v) is 3.58. The lowest BCUT2D eigenvalue weighted by Gasteiger charge is -2.41. The maximum absolute atomic E-state index is 12.9. The molecule has 1 saturated heterocycles. The number of aryl methyl sites for hydroxylation is 2. The Morgan fingerprint density at radius 1 is 1.04 bits per heavy atom. The van der Waals surface area contributed by atoms with Gasteiger partial charge < -0.3 is 19.8 Å². The van der Waals surface area contributed by atoms with Gasteiger partial charge >= 0.3 is 0 Å². The zero-order valence-electron chi connectivity index (χ0n) is 15.1. The Hall–Kier alpha value is -2.50. The second-order valence-corrected chi connectivity index (χ2v) is 6.72. The number of amides is 2. The van der Waals surface area contributed by atoms with E-state index in [1.807, 2.05) is 35.8 Å². The molecule has 3 rings (SSSR count). The first-order valence-corrected chi connectivity index (χ1v) is 8.91. The van der Waals surface area contributed by atoms with Crippen molar-refractivity contribution < 1.29 is 9.59 Å². The highest BCUT2D eigenvalue weighted by Gasteiger charge is 2.33. The molecule has 0 saturated carbocycles. The van der Waals surface area contributed by atoms with Crippen LogP contribution in [0.15, 0.2) is 24.5 Å². The van der Waals surface area contributed by atoms with Gasteiger partial charge in [-0.1, -0.05) is 13.3 Å². The maximum Gasteiger partial charge on any atom is 0.256 e. The molecule has 25 heavy (non-hydrogen) atoms. The van der Waals surface area contributed by atoms with Crippen molar-refractivity contribution in [2.75, 3.05) is 19.6 Å². The molecule has 6 heteroatoms. The average Bonchev–Trinajstić information content (AvgIpc) is 3.22. The predicted molar refractivity (Wildman–Crippen MR) is 96.7 cm³/mol. The van der Waals surface area contributed by atoms with E-state index in [1.165, 1.54) is 0 Å². The molecule has 0 radical (unpaired) electrons. The third-order valence-corrected chi connectivity index (χ3v) is 5.02. The highest BCUT2D eigenvalue weighted by molar-refractivity contribution is 5.97. The molecule has 0 unspecified atom stereocenters. The molecule has 2 aromatic heterocycles. The summed E-state index contributed by atoms with van der Waals surface area (Å²) in [6.45, 7) is 7.66. The number of carbonyl (C=O) groups excluding carboxylic acids is 2. The van der Waals surface area contributed by atoms with E-state index in [2.05, 4.69) is 16.9 Å². The van der Waals surface area contributed by atoms with Crippen LogP contribution in [0, 0.1) is 13.8 Å². The molecule has 0 spiro atoms. The Bertz CT molecular complexity index is 761. The minimum Gasteiger partial charge on any atom is -0.365 e. The molecule has 0 bridgehead atoms. The first kappa shape index (κ1) is 17.3. The largest absolute Gasteiger partial charge is 0.365 e. The SMILES string of the molecule is CCC[C@H]1CN(C(=O)c2cc[nH]c2C)CCN1C(=O)c1cc[nH]c1C. The third-order valence-electron chi connectivity index (χ3n) is 5.02. The van der Waals surface area contributed by atoms with Gasteiger partial charge in [0.05, 0.1) is 11.1 Å². The molecule has 134 valence electrons. The summed E-state index contributed by atoms with van der Waals surface area (Å²) in [5.41, 5.74) is 3.22. The summed E-state index contributed by atoms with van der Waals surface area (Å²) in [5.74, 6) is 0.104. The lowest BCUT2D eigenvalue weighted by Crippen LogP contribution is -2.56. The van der Waals surface area contributed by atoms with Gasteiger partial charge in [0.15, 0.2) is 0 Å². The van der Waals surface area contributed by atoms with Gasteiger partial charge in [-0.15, -0.1) is 0 Å². The van der Waals surface area contributed by atoms with Gasteiger partial charge in [-0.2, -0.15) is 0 Å². The molecule has 0 aliphatic carbocycles. The highest BCUT2D eigenvalue weighted by atomic mass is 16.2. The Morgan fingerprint density at radius 3 is 2.16 bits per heavy atom. The van der Waals surface area contributed by atoms with Crippen LogP contribution < -0.4 is 0 Å². The number of nitrogens with one attached hydrogen (secondary N) is 2. The summed E-state index contributed by atoms with van der Waals surface area (Å²) in [5, 5.41) is 0. The van der Waals surface area contributed by atoms with E-state index in [4.69, 9.17) is 0 Å². The molecular formula is C19H26N4O2. The van der Waals surface area contributed by atoms with Crippen LogP contribution in [0.1, 0.15) is 51.9 Å². The van der Waals surface area contributed by atoms with Crippen LogP contribution in [-0.4, -0.2) is 57.3 Å². The average molecular weight is 342 g/mol. The summed E-state index contributed by atoms with van der Waals surface area (Å²) < 4.78 is 0. The highest BCUT2D eigenvalue weighted by Crippen LogP contribution is 2.21. The summed E-state index contributed by atoms with van der Waals surface area (Å²) in [4.78, 5) is 35.7. The standard InChI is InChI=1S/C19H26N4O2/c1-4-5-15-12-22(18(24)16-6-8-20-13(16)2)10-11-23(15)19(25)17-7-9-21-14(17)3/h6-9,15,20-21H,4-5,10-12H2,1-3H3/t15-/m0/s1.